The van der Waals surface area contributed by atoms with Crippen LogP contribution in [0.15, 0.2) is 12.1 Å². The molecule has 0 radical (unpaired) electrons. The number of fused-ring (bicyclic) bond motifs is 1. The van der Waals surface area contributed by atoms with Crippen molar-refractivity contribution in [3.8, 4) is 0 Å². The summed E-state index contributed by atoms with van der Waals surface area (Å²) >= 11 is 0. The molecular formula is C8H10N2O. The van der Waals surface area contributed by atoms with Gasteiger partial charge in [-0.2, -0.15) is 0 Å². The van der Waals surface area contributed by atoms with Crippen LogP contribution in [0.5, 0.6) is 0 Å². The van der Waals surface area contributed by atoms with Crippen molar-refractivity contribution in [3.05, 3.63) is 23.3 Å². The molecule has 0 aliphatic carbocycles. The third-order valence-corrected chi connectivity index (χ3v) is 1.92. The quantitative estimate of drug-likeness (QED) is 0.540. The van der Waals surface area contributed by atoms with Crippen molar-refractivity contribution in [2.45, 2.75) is 13.2 Å². The summed E-state index contributed by atoms with van der Waals surface area (Å²) in [6.07, 6.45) is 0. The van der Waals surface area contributed by atoms with E-state index in [1.807, 2.05) is 12.1 Å². The van der Waals surface area contributed by atoms with Crippen LogP contribution in [-0.4, -0.2) is 0 Å². The van der Waals surface area contributed by atoms with Gasteiger partial charge in [0.15, 0.2) is 0 Å². The van der Waals surface area contributed by atoms with Crippen LogP contribution in [0.2, 0.25) is 0 Å². The van der Waals surface area contributed by atoms with Crippen molar-refractivity contribution in [2.24, 2.45) is 0 Å². The molecule has 0 unspecified atom stereocenters. The molecule has 0 spiro atoms. The van der Waals surface area contributed by atoms with E-state index in [0.29, 0.717) is 24.6 Å². The average molecular weight is 150 g/mol. The Balaban J connectivity index is 2.57. The molecule has 1 aliphatic heterocycles. The highest BCUT2D eigenvalue weighted by Gasteiger charge is 2.12. The Labute approximate surface area is 64.9 Å². The normalized spacial score (nSPS) is 14.9. The number of nitrogens with two attached hydrogens (primary N) is 2. The van der Waals surface area contributed by atoms with E-state index in [4.69, 9.17) is 16.2 Å². The second-order valence-corrected chi connectivity index (χ2v) is 2.74. The molecule has 1 aromatic carbocycles. The lowest BCUT2D eigenvalue weighted by atomic mass is 10.1. The minimum Gasteiger partial charge on any atom is -0.397 e. The third-order valence-electron chi connectivity index (χ3n) is 1.92. The maximum atomic E-state index is 5.61. The molecule has 0 saturated carbocycles. The van der Waals surface area contributed by atoms with Crippen LogP contribution in [0, 0.1) is 0 Å². The number of hydrogen-bond donors (Lipinski definition) is 2. The highest BCUT2D eigenvalue weighted by molar-refractivity contribution is 5.66. The number of nitrogen functional groups attached to an aromatic ring is 2. The highest BCUT2D eigenvalue weighted by Crippen LogP contribution is 2.26. The number of anilines is 2. The van der Waals surface area contributed by atoms with Crippen molar-refractivity contribution in [1.29, 1.82) is 0 Å². The second kappa shape index (κ2) is 2.13. The Morgan fingerprint density at radius 2 is 1.45 bits per heavy atom. The summed E-state index contributed by atoms with van der Waals surface area (Å²) in [5.41, 5.74) is 14.8. The molecule has 0 atom stereocenters. The van der Waals surface area contributed by atoms with E-state index in [-0.39, 0.29) is 0 Å². The molecule has 2 rings (SSSR count). The fraction of sp³-hybridized carbons (Fsp3) is 0.250. The van der Waals surface area contributed by atoms with Crippen LogP contribution in [0.4, 0.5) is 11.4 Å². The standard InChI is InChI=1S/C8H10N2O/c9-7-1-5-3-11-4-6(5)2-8(7)10/h1-2H,3-4,9-10H2. The first-order valence-electron chi connectivity index (χ1n) is 3.52. The lowest BCUT2D eigenvalue weighted by molar-refractivity contribution is 0.134. The highest BCUT2D eigenvalue weighted by atomic mass is 16.5. The van der Waals surface area contributed by atoms with E-state index in [9.17, 15) is 0 Å². The van der Waals surface area contributed by atoms with Crippen LogP contribution in [0.1, 0.15) is 11.1 Å². The molecule has 1 heterocycles. The van der Waals surface area contributed by atoms with E-state index in [0.717, 1.165) is 11.1 Å². The van der Waals surface area contributed by atoms with Crippen LogP contribution in [0.3, 0.4) is 0 Å². The predicted molar refractivity (Wildman–Crippen MR) is 43.8 cm³/mol. The van der Waals surface area contributed by atoms with Gasteiger partial charge in [-0.05, 0) is 23.3 Å². The number of hydrogen-bond acceptors (Lipinski definition) is 3. The van der Waals surface area contributed by atoms with Crippen molar-refractivity contribution in [3.63, 3.8) is 0 Å². The Morgan fingerprint density at radius 1 is 1.00 bits per heavy atom. The summed E-state index contributed by atoms with van der Waals surface area (Å²) in [6, 6.07) is 3.77. The van der Waals surface area contributed by atoms with Gasteiger partial charge in [0.2, 0.25) is 0 Å². The van der Waals surface area contributed by atoms with E-state index >= 15 is 0 Å². The zero-order valence-electron chi connectivity index (χ0n) is 6.13. The van der Waals surface area contributed by atoms with E-state index < -0.39 is 0 Å². The van der Waals surface area contributed by atoms with Gasteiger partial charge in [0.25, 0.3) is 0 Å². The zero-order chi connectivity index (χ0) is 7.84. The summed E-state index contributed by atoms with van der Waals surface area (Å²) in [5, 5.41) is 0. The molecular weight excluding hydrogens is 140 g/mol. The van der Waals surface area contributed by atoms with Gasteiger partial charge in [0, 0.05) is 0 Å². The van der Waals surface area contributed by atoms with Gasteiger partial charge in [0.1, 0.15) is 0 Å². The largest absolute Gasteiger partial charge is 0.397 e. The van der Waals surface area contributed by atoms with Gasteiger partial charge in [-0.1, -0.05) is 0 Å². The van der Waals surface area contributed by atoms with Gasteiger partial charge < -0.3 is 16.2 Å². The zero-order valence-corrected chi connectivity index (χ0v) is 6.13. The van der Waals surface area contributed by atoms with Gasteiger partial charge in [-0.25, -0.2) is 0 Å². The topological polar surface area (TPSA) is 61.3 Å². The first-order valence-corrected chi connectivity index (χ1v) is 3.52. The predicted octanol–water partition coefficient (Wildman–Crippen LogP) is 0.881. The van der Waals surface area contributed by atoms with Crippen LogP contribution in [0.25, 0.3) is 0 Å². The van der Waals surface area contributed by atoms with Crippen molar-refractivity contribution in [2.75, 3.05) is 11.5 Å². The molecule has 0 amide bonds. The Hall–Kier alpha value is -1.22. The molecule has 0 bridgehead atoms. The maximum Gasteiger partial charge on any atom is 0.0725 e. The SMILES string of the molecule is Nc1cc2c(cc1N)COC2. The summed E-state index contributed by atoms with van der Waals surface area (Å²) in [5.74, 6) is 0. The van der Waals surface area contributed by atoms with Crippen LogP contribution >= 0.6 is 0 Å². The molecule has 3 nitrogen and oxygen atoms in total. The van der Waals surface area contributed by atoms with E-state index in [1.54, 1.807) is 0 Å². The molecule has 1 aliphatic rings. The van der Waals surface area contributed by atoms with E-state index in [1.165, 1.54) is 0 Å². The Bertz CT molecular complexity index is 267. The lowest BCUT2D eigenvalue weighted by Gasteiger charge is -2.02. The molecule has 11 heavy (non-hydrogen) atoms. The third kappa shape index (κ3) is 0.935. The van der Waals surface area contributed by atoms with E-state index in [2.05, 4.69) is 0 Å². The number of ether oxygens (including phenoxy) is 1. The molecule has 0 saturated heterocycles. The second-order valence-electron chi connectivity index (χ2n) is 2.74. The summed E-state index contributed by atoms with van der Waals surface area (Å²) in [7, 11) is 0. The fourth-order valence-corrected chi connectivity index (χ4v) is 1.27. The Kier molecular flexibility index (Phi) is 1.26. The maximum absolute atomic E-state index is 5.61. The molecule has 0 fully saturated rings. The smallest absolute Gasteiger partial charge is 0.0725 e. The molecule has 58 valence electrons. The van der Waals surface area contributed by atoms with Crippen molar-refractivity contribution < 1.29 is 4.74 Å². The fourth-order valence-electron chi connectivity index (χ4n) is 1.27. The van der Waals surface area contributed by atoms with Crippen molar-refractivity contribution in [1.82, 2.24) is 0 Å². The van der Waals surface area contributed by atoms with Crippen LogP contribution < -0.4 is 11.5 Å². The Morgan fingerprint density at radius 3 is 1.91 bits per heavy atom. The summed E-state index contributed by atoms with van der Waals surface area (Å²) < 4.78 is 5.21. The number of benzene rings is 1. The van der Waals surface area contributed by atoms with Gasteiger partial charge in [0.05, 0.1) is 24.6 Å². The molecule has 4 N–H and O–H groups in total. The molecule has 0 aromatic heterocycles. The van der Waals surface area contributed by atoms with Gasteiger partial charge >= 0.3 is 0 Å². The average Bonchev–Trinajstić information content (AvgIpc) is 2.36. The molecule has 1 aromatic rings. The lowest BCUT2D eigenvalue weighted by Crippen LogP contribution is -1.96. The van der Waals surface area contributed by atoms with Gasteiger partial charge in [-0.15, -0.1) is 0 Å². The monoisotopic (exact) mass is 150 g/mol. The molecule has 3 heteroatoms. The van der Waals surface area contributed by atoms with Crippen LogP contribution in [-0.2, 0) is 18.0 Å². The summed E-state index contributed by atoms with van der Waals surface area (Å²) in [4.78, 5) is 0. The summed E-state index contributed by atoms with van der Waals surface area (Å²) in [6.45, 7) is 1.33. The first-order chi connectivity index (χ1) is 5.27. The van der Waals surface area contributed by atoms with Gasteiger partial charge in [-0.3, -0.25) is 0 Å². The van der Waals surface area contributed by atoms with Crippen molar-refractivity contribution >= 4 is 11.4 Å². The minimum atomic E-state index is 0.647. The number of rotatable bonds is 0. The minimum absolute atomic E-state index is 0.647. The first kappa shape index (κ1) is 6.49.